The summed E-state index contributed by atoms with van der Waals surface area (Å²) in [6.07, 6.45) is 3.27. The Bertz CT molecular complexity index is 1950. The maximum atomic E-state index is 14.3. The van der Waals surface area contributed by atoms with E-state index >= 15 is 0 Å². The molecule has 2 fully saturated rings. The summed E-state index contributed by atoms with van der Waals surface area (Å²) < 4.78 is 19.5. The summed E-state index contributed by atoms with van der Waals surface area (Å²) in [5, 5.41) is 22.7. The fourth-order valence-corrected chi connectivity index (χ4v) is 13.5. The number of hydrogen-bond donors (Lipinski definition) is 2. The molecule has 274 valence electrons. The van der Waals surface area contributed by atoms with Gasteiger partial charge in [-0.1, -0.05) is 105 Å². The molecule has 0 saturated carbocycles. The molecule has 2 amide bonds. The van der Waals surface area contributed by atoms with Crippen LogP contribution < -0.4 is 15.3 Å². The van der Waals surface area contributed by atoms with Crippen LogP contribution >= 0.6 is 0 Å². The Labute approximate surface area is 313 Å². The SMILES string of the molecule is C/C(=C\c1ccc(CO)o1)CC[C@H]1OB(O)C[C@H]2C1=C(CO[Si](c1ccccc1)(c1ccccc1)C(C)(C)C)C[C@H]1C(=O)N(c3ccccc3)C(=O)[C@H]12. The number of amides is 2. The van der Waals surface area contributed by atoms with Crippen LogP contribution in [0.15, 0.2) is 124 Å². The zero-order valence-corrected chi connectivity index (χ0v) is 31.9. The summed E-state index contributed by atoms with van der Waals surface area (Å²) in [7, 11) is -4.04. The lowest BCUT2D eigenvalue weighted by atomic mass is 9.58. The van der Waals surface area contributed by atoms with Gasteiger partial charge in [-0.05, 0) is 95.3 Å². The average Bonchev–Trinajstić information content (AvgIpc) is 3.71. The van der Waals surface area contributed by atoms with Crippen molar-refractivity contribution in [2.45, 2.75) is 71.0 Å². The number of nitrogens with zero attached hydrogens (tertiary/aromatic N) is 1. The van der Waals surface area contributed by atoms with Gasteiger partial charge in [0.05, 0.1) is 30.2 Å². The molecule has 53 heavy (non-hydrogen) atoms. The second kappa shape index (κ2) is 15.2. The molecule has 10 heteroatoms. The average molecular weight is 730 g/mol. The standard InChI is InChI=1S/C43H48BNO7Si/c1-29(24-32-21-22-33(27-46)51-32)20-23-38-39-30(28-50-53(43(2,3)4,34-16-10-6-11-17-34)35-18-12-7-13-19-35)25-36-40(37(39)26-44(49)52-38)42(48)45(41(36)47)31-14-8-5-9-15-31/h5-19,21-22,24,36-38,40,46,49H,20,23,25-28H2,1-4H3/b29-24+/t36-,37+,38-,40-/m1/s1. The number of carbonyl (C=O) groups excluding carboxylic acids is 2. The number of aliphatic hydroxyl groups is 1. The quantitative estimate of drug-likeness (QED) is 0.103. The summed E-state index contributed by atoms with van der Waals surface area (Å²) in [6, 6.07) is 33.7. The van der Waals surface area contributed by atoms with E-state index in [-0.39, 0.29) is 42.3 Å². The highest BCUT2D eigenvalue weighted by atomic mass is 28.4. The van der Waals surface area contributed by atoms with E-state index in [4.69, 9.17) is 13.5 Å². The first kappa shape index (κ1) is 37.0. The zero-order valence-electron chi connectivity index (χ0n) is 30.9. The fraction of sp³-hybridized carbons (Fsp3) is 0.349. The molecule has 0 radical (unpaired) electrons. The normalized spacial score (nSPS) is 22.3. The van der Waals surface area contributed by atoms with E-state index in [1.165, 1.54) is 4.90 Å². The van der Waals surface area contributed by atoms with E-state index in [0.29, 0.717) is 36.5 Å². The number of imide groups is 1. The first-order valence-corrected chi connectivity index (χ1v) is 20.5. The second-order valence-electron chi connectivity index (χ2n) is 15.6. The highest BCUT2D eigenvalue weighted by molar-refractivity contribution is 6.99. The van der Waals surface area contributed by atoms with Crippen LogP contribution in [0.1, 0.15) is 58.5 Å². The van der Waals surface area contributed by atoms with Gasteiger partial charge >= 0.3 is 7.12 Å². The third kappa shape index (κ3) is 7.06. The minimum absolute atomic E-state index is 0.167. The second-order valence-corrected chi connectivity index (χ2v) is 19.9. The van der Waals surface area contributed by atoms with E-state index in [1.807, 2.05) is 49.4 Å². The van der Waals surface area contributed by atoms with Crippen LogP contribution in [0.4, 0.5) is 5.69 Å². The van der Waals surface area contributed by atoms with Crippen molar-refractivity contribution in [3.8, 4) is 0 Å². The number of para-hydroxylation sites is 1. The number of fused-ring (bicyclic) bond motifs is 3. The van der Waals surface area contributed by atoms with E-state index in [1.54, 1.807) is 18.2 Å². The number of anilines is 1. The Morgan fingerprint density at radius 2 is 1.53 bits per heavy atom. The van der Waals surface area contributed by atoms with E-state index in [0.717, 1.165) is 27.1 Å². The molecule has 0 bridgehead atoms. The Morgan fingerprint density at radius 3 is 2.11 bits per heavy atom. The van der Waals surface area contributed by atoms with Gasteiger partial charge in [-0.3, -0.25) is 14.5 Å². The van der Waals surface area contributed by atoms with Gasteiger partial charge in [0, 0.05) is 0 Å². The molecule has 7 rings (SSSR count). The summed E-state index contributed by atoms with van der Waals surface area (Å²) in [5.74, 6) is -0.824. The Morgan fingerprint density at radius 1 is 0.906 bits per heavy atom. The first-order chi connectivity index (χ1) is 25.5. The number of furan rings is 1. The summed E-state index contributed by atoms with van der Waals surface area (Å²) in [4.78, 5) is 30.0. The minimum atomic E-state index is -2.96. The van der Waals surface area contributed by atoms with Crippen LogP contribution in [-0.4, -0.2) is 50.1 Å². The Hall–Kier alpha value is -4.32. The third-order valence-corrected chi connectivity index (χ3v) is 16.2. The maximum absolute atomic E-state index is 14.3. The van der Waals surface area contributed by atoms with Crippen molar-refractivity contribution in [1.82, 2.24) is 0 Å². The topological polar surface area (TPSA) is 109 Å². The van der Waals surface area contributed by atoms with Crippen molar-refractivity contribution in [2.75, 3.05) is 11.5 Å². The molecule has 0 spiro atoms. The van der Waals surface area contributed by atoms with Gasteiger partial charge in [0.2, 0.25) is 11.8 Å². The van der Waals surface area contributed by atoms with Crippen LogP contribution in [0.5, 0.6) is 0 Å². The lowest BCUT2D eigenvalue weighted by Crippen LogP contribution is -2.66. The van der Waals surface area contributed by atoms with Crippen LogP contribution in [0.25, 0.3) is 6.08 Å². The largest absolute Gasteiger partial charge is 0.459 e. The molecular weight excluding hydrogens is 681 g/mol. The molecule has 1 aliphatic carbocycles. The third-order valence-electron chi connectivity index (χ3n) is 11.2. The summed E-state index contributed by atoms with van der Waals surface area (Å²) >= 11 is 0. The smallest absolute Gasteiger partial charge is 0.455 e. The van der Waals surface area contributed by atoms with Crippen LogP contribution in [0.3, 0.4) is 0 Å². The van der Waals surface area contributed by atoms with Gasteiger partial charge in [-0.15, -0.1) is 0 Å². The number of aliphatic hydroxyl groups excluding tert-OH is 1. The molecule has 8 nitrogen and oxygen atoms in total. The van der Waals surface area contributed by atoms with Crippen molar-refractivity contribution in [1.29, 1.82) is 0 Å². The predicted molar refractivity (Wildman–Crippen MR) is 210 cm³/mol. The van der Waals surface area contributed by atoms with Crippen LogP contribution in [-0.2, 0) is 25.3 Å². The molecular formula is C43H48BNO7Si. The first-order valence-electron chi connectivity index (χ1n) is 18.6. The van der Waals surface area contributed by atoms with Gasteiger partial charge in [-0.25, -0.2) is 0 Å². The molecule has 2 saturated heterocycles. The van der Waals surface area contributed by atoms with Crippen LogP contribution in [0.2, 0.25) is 11.4 Å². The van der Waals surface area contributed by atoms with Crippen molar-refractivity contribution in [3.05, 3.63) is 131 Å². The number of benzene rings is 3. The molecule has 4 aromatic rings. The number of rotatable bonds is 11. The van der Waals surface area contributed by atoms with Gasteiger partial charge in [0.25, 0.3) is 8.32 Å². The number of allylic oxidation sites excluding steroid dienone is 1. The Balaban J connectivity index is 1.30. The monoisotopic (exact) mass is 729 g/mol. The molecule has 0 unspecified atom stereocenters. The highest BCUT2D eigenvalue weighted by Crippen LogP contribution is 2.52. The predicted octanol–water partition coefficient (Wildman–Crippen LogP) is 6.53. The lowest BCUT2D eigenvalue weighted by molar-refractivity contribution is -0.122. The lowest BCUT2D eigenvalue weighted by Gasteiger charge is -2.46. The van der Waals surface area contributed by atoms with Gasteiger partial charge in [0.1, 0.15) is 18.1 Å². The van der Waals surface area contributed by atoms with Crippen molar-refractivity contribution < 1.29 is 33.2 Å². The molecule has 4 atom stereocenters. The summed E-state index contributed by atoms with van der Waals surface area (Å²) in [6.45, 7) is 8.86. The van der Waals surface area contributed by atoms with Crippen LogP contribution in [0, 0.1) is 17.8 Å². The molecule has 2 N–H and O–H groups in total. The van der Waals surface area contributed by atoms with E-state index < -0.39 is 33.4 Å². The van der Waals surface area contributed by atoms with Gasteiger partial charge in [-0.2, -0.15) is 0 Å². The highest BCUT2D eigenvalue weighted by Gasteiger charge is 2.58. The molecule has 3 aliphatic rings. The van der Waals surface area contributed by atoms with Gasteiger partial charge in [0.15, 0.2) is 0 Å². The number of hydrogen-bond acceptors (Lipinski definition) is 7. The minimum Gasteiger partial charge on any atom is -0.459 e. The van der Waals surface area contributed by atoms with Crippen molar-refractivity contribution >= 4 is 49.4 Å². The van der Waals surface area contributed by atoms with Crippen molar-refractivity contribution in [3.63, 3.8) is 0 Å². The van der Waals surface area contributed by atoms with E-state index in [9.17, 15) is 19.7 Å². The summed E-state index contributed by atoms with van der Waals surface area (Å²) in [5.41, 5.74) is 3.58. The maximum Gasteiger partial charge on any atom is 0.455 e. The Kier molecular flexibility index (Phi) is 10.6. The number of carbonyl (C=O) groups is 2. The molecule has 3 aromatic carbocycles. The fourth-order valence-electron chi connectivity index (χ4n) is 8.92. The molecule has 2 aliphatic heterocycles. The molecule has 1 aromatic heterocycles. The van der Waals surface area contributed by atoms with Gasteiger partial charge < -0.3 is 23.6 Å². The van der Waals surface area contributed by atoms with Crippen molar-refractivity contribution in [2.24, 2.45) is 17.8 Å². The zero-order chi connectivity index (χ0) is 37.3. The van der Waals surface area contributed by atoms with E-state index in [2.05, 4.69) is 69.3 Å². The molecule has 3 heterocycles.